The van der Waals surface area contributed by atoms with Gasteiger partial charge in [0.15, 0.2) is 0 Å². The Morgan fingerprint density at radius 3 is 2.24 bits per heavy atom. The molecule has 3 N–H and O–H groups in total. The molecule has 3 aromatic rings. The molecule has 0 aromatic heterocycles. The third kappa shape index (κ3) is 4.74. The lowest BCUT2D eigenvalue weighted by Gasteiger charge is -2.14. The molecule has 0 saturated heterocycles. The fourth-order valence-corrected chi connectivity index (χ4v) is 3.86. The first kappa shape index (κ1) is 22.6. The fourth-order valence-electron chi connectivity index (χ4n) is 3.86. The zero-order chi connectivity index (χ0) is 24.1. The highest BCUT2D eigenvalue weighted by Gasteiger charge is 2.28. The summed E-state index contributed by atoms with van der Waals surface area (Å²) in [7, 11) is 0. The van der Waals surface area contributed by atoms with Gasteiger partial charge in [0.2, 0.25) is 0 Å². The Balaban J connectivity index is 1.30. The third-order valence-electron chi connectivity index (χ3n) is 5.35. The molecule has 1 aliphatic rings. The number of nitrogens with one attached hydrogen (secondary N) is 2. The lowest BCUT2D eigenvalue weighted by atomic mass is 9.98. The zero-order valence-corrected chi connectivity index (χ0v) is 17.8. The van der Waals surface area contributed by atoms with Crippen molar-refractivity contribution in [3.8, 4) is 23.0 Å². The van der Waals surface area contributed by atoms with E-state index in [-0.39, 0.29) is 19.1 Å². The summed E-state index contributed by atoms with van der Waals surface area (Å²) in [6, 6.07) is 19.3. The number of alkyl carbamates (subject to hydrolysis) is 1. The summed E-state index contributed by atoms with van der Waals surface area (Å²) >= 11 is 0. The number of fused-ring (bicyclic) bond motifs is 3. The first-order valence-corrected chi connectivity index (χ1v) is 10.4. The van der Waals surface area contributed by atoms with Crippen LogP contribution in [0.2, 0.25) is 0 Å². The monoisotopic (exact) mass is 458 g/mol. The minimum atomic E-state index is -1.39. The van der Waals surface area contributed by atoms with E-state index in [1.165, 1.54) is 6.07 Å². The first-order chi connectivity index (χ1) is 16.5. The van der Waals surface area contributed by atoms with Gasteiger partial charge in [-0.3, -0.25) is 4.79 Å². The van der Waals surface area contributed by atoms with Crippen LogP contribution in [0.5, 0.6) is 0 Å². The van der Waals surface area contributed by atoms with Gasteiger partial charge in [0.25, 0.3) is 5.91 Å². The van der Waals surface area contributed by atoms with Gasteiger partial charge in [-0.15, -0.1) is 0 Å². The number of carbonyl (C=O) groups is 3. The van der Waals surface area contributed by atoms with E-state index in [2.05, 4.69) is 22.5 Å². The van der Waals surface area contributed by atoms with Crippen LogP contribution in [0.15, 0.2) is 66.7 Å². The van der Waals surface area contributed by atoms with Crippen molar-refractivity contribution < 1.29 is 28.6 Å². The number of carboxylic acids is 1. The summed E-state index contributed by atoms with van der Waals surface area (Å²) in [4.78, 5) is 35.2. The standard InChI is InChI=1S/C26H19FN2O5/c27-22-12-5-11-20(25(31)32)24(22)29-23(30)13-6-14-28-26(33)34-15-21-18-9-3-1-7-16(18)17-8-2-4-10-19(17)21/h1-5,7-12,21H,14-15H2,(H,28,33)(H,29,30)(H,31,32). The minimum absolute atomic E-state index is 0.0841. The number of benzene rings is 3. The lowest BCUT2D eigenvalue weighted by molar-refractivity contribution is -0.111. The number of carboxylic acid groups (broad SMARTS) is 1. The van der Waals surface area contributed by atoms with Crippen LogP contribution in [-0.2, 0) is 9.53 Å². The molecule has 0 saturated carbocycles. The Morgan fingerprint density at radius 2 is 1.59 bits per heavy atom. The van der Waals surface area contributed by atoms with Crippen molar-refractivity contribution in [1.29, 1.82) is 0 Å². The molecule has 0 heterocycles. The van der Waals surface area contributed by atoms with E-state index in [0.717, 1.165) is 34.4 Å². The average molecular weight is 458 g/mol. The molecule has 8 heteroatoms. The van der Waals surface area contributed by atoms with Crippen molar-refractivity contribution in [2.45, 2.75) is 5.92 Å². The molecule has 0 radical (unpaired) electrons. The second-order valence-corrected chi connectivity index (χ2v) is 7.40. The molecular formula is C26H19FN2O5. The summed E-state index contributed by atoms with van der Waals surface area (Å²) in [6.45, 7) is -0.0494. The maximum Gasteiger partial charge on any atom is 0.407 e. The van der Waals surface area contributed by atoms with Crippen LogP contribution in [0.1, 0.15) is 27.4 Å². The van der Waals surface area contributed by atoms with Crippen molar-refractivity contribution in [2.24, 2.45) is 0 Å². The SMILES string of the molecule is O=C(C#CCNC(=O)OCC1c2ccccc2-c2ccccc21)Nc1c(F)cccc1C(=O)O. The van der Waals surface area contributed by atoms with E-state index >= 15 is 0 Å². The Kier molecular flexibility index (Phi) is 6.55. The number of hydrogen-bond acceptors (Lipinski definition) is 4. The largest absolute Gasteiger partial charge is 0.478 e. The van der Waals surface area contributed by atoms with Crippen LogP contribution in [0.25, 0.3) is 11.1 Å². The number of anilines is 1. The molecule has 0 aliphatic heterocycles. The number of ether oxygens (including phenoxy) is 1. The molecular weight excluding hydrogens is 439 g/mol. The summed E-state index contributed by atoms with van der Waals surface area (Å²) in [5.74, 6) is 1.31. The molecule has 4 rings (SSSR count). The maximum atomic E-state index is 13.9. The molecule has 7 nitrogen and oxygen atoms in total. The number of para-hydroxylation sites is 1. The molecule has 2 amide bonds. The normalized spacial score (nSPS) is 11.4. The van der Waals surface area contributed by atoms with Crippen LogP contribution in [-0.4, -0.2) is 36.2 Å². The van der Waals surface area contributed by atoms with Gasteiger partial charge < -0.3 is 20.5 Å². The predicted octanol–water partition coefficient (Wildman–Crippen LogP) is 4.00. The molecule has 3 aromatic carbocycles. The van der Waals surface area contributed by atoms with Crippen LogP contribution in [0.3, 0.4) is 0 Å². The van der Waals surface area contributed by atoms with Crippen LogP contribution in [0, 0.1) is 17.7 Å². The van der Waals surface area contributed by atoms with E-state index in [9.17, 15) is 18.8 Å². The van der Waals surface area contributed by atoms with Crippen molar-refractivity contribution in [2.75, 3.05) is 18.5 Å². The second kappa shape index (κ2) is 9.88. The number of aromatic carboxylic acids is 1. The van der Waals surface area contributed by atoms with Crippen LogP contribution >= 0.6 is 0 Å². The molecule has 1 aliphatic carbocycles. The molecule has 0 fully saturated rings. The maximum absolute atomic E-state index is 13.9. The third-order valence-corrected chi connectivity index (χ3v) is 5.35. The van der Waals surface area contributed by atoms with Crippen molar-refractivity contribution in [3.63, 3.8) is 0 Å². The van der Waals surface area contributed by atoms with Gasteiger partial charge >= 0.3 is 12.1 Å². The van der Waals surface area contributed by atoms with Gasteiger partial charge in [-0.1, -0.05) is 60.5 Å². The van der Waals surface area contributed by atoms with E-state index in [1.54, 1.807) is 0 Å². The fraction of sp³-hybridized carbons (Fsp3) is 0.115. The quantitative estimate of drug-likeness (QED) is 0.502. The van der Waals surface area contributed by atoms with Crippen molar-refractivity contribution in [1.82, 2.24) is 5.32 Å². The highest BCUT2D eigenvalue weighted by atomic mass is 19.1. The number of carbonyl (C=O) groups excluding carboxylic acids is 2. The van der Waals surface area contributed by atoms with Gasteiger partial charge in [0.1, 0.15) is 12.4 Å². The van der Waals surface area contributed by atoms with E-state index in [1.807, 2.05) is 48.5 Å². The number of hydrogen-bond donors (Lipinski definition) is 3. The van der Waals surface area contributed by atoms with Gasteiger partial charge in [0, 0.05) is 5.92 Å². The smallest absolute Gasteiger partial charge is 0.407 e. The highest BCUT2D eigenvalue weighted by Crippen LogP contribution is 2.44. The minimum Gasteiger partial charge on any atom is -0.478 e. The molecule has 170 valence electrons. The zero-order valence-electron chi connectivity index (χ0n) is 17.8. The summed E-state index contributed by atoms with van der Waals surface area (Å²) in [5.41, 5.74) is 3.53. The summed E-state index contributed by atoms with van der Waals surface area (Å²) in [5, 5.41) is 13.6. The Bertz CT molecular complexity index is 1300. The Morgan fingerprint density at radius 1 is 0.941 bits per heavy atom. The molecule has 0 spiro atoms. The van der Waals surface area contributed by atoms with Crippen molar-refractivity contribution in [3.05, 3.63) is 89.2 Å². The number of amides is 2. The van der Waals surface area contributed by atoms with Crippen LogP contribution < -0.4 is 10.6 Å². The summed E-state index contributed by atoms with van der Waals surface area (Å²) < 4.78 is 19.2. The van der Waals surface area contributed by atoms with Gasteiger partial charge in [-0.2, -0.15) is 0 Å². The topological polar surface area (TPSA) is 105 Å². The molecule has 0 bridgehead atoms. The van der Waals surface area contributed by atoms with E-state index in [4.69, 9.17) is 9.84 Å². The molecule has 0 unspecified atom stereocenters. The van der Waals surface area contributed by atoms with Crippen molar-refractivity contribution >= 4 is 23.7 Å². The Hall–Kier alpha value is -4.64. The molecule has 0 atom stereocenters. The number of halogens is 1. The average Bonchev–Trinajstić information content (AvgIpc) is 3.15. The van der Waals surface area contributed by atoms with Crippen LogP contribution in [0.4, 0.5) is 14.9 Å². The van der Waals surface area contributed by atoms with E-state index < -0.39 is 35.0 Å². The first-order valence-electron chi connectivity index (χ1n) is 10.4. The molecule has 34 heavy (non-hydrogen) atoms. The lowest BCUT2D eigenvalue weighted by Crippen LogP contribution is -2.26. The highest BCUT2D eigenvalue weighted by molar-refractivity contribution is 6.07. The predicted molar refractivity (Wildman–Crippen MR) is 123 cm³/mol. The van der Waals surface area contributed by atoms with Gasteiger partial charge in [-0.25, -0.2) is 14.0 Å². The second-order valence-electron chi connectivity index (χ2n) is 7.40. The Labute approximate surface area is 194 Å². The van der Waals surface area contributed by atoms with E-state index in [0.29, 0.717) is 0 Å². The van der Waals surface area contributed by atoms with Gasteiger partial charge in [0.05, 0.1) is 17.8 Å². The summed E-state index contributed by atoms with van der Waals surface area (Å²) in [6.07, 6.45) is -0.696. The van der Waals surface area contributed by atoms with Gasteiger partial charge in [-0.05, 0) is 40.3 Å². The number of rotatable bonds is 5.